The van der Waals surface area contributed by atoms with Gasteiger partial charge in [-0.2, -0.15) is 5.10 Å². The summed E-state index contributed by atoms with van der Waals surface area (Å²) in [5, 5.41) is 9.43. The minimum Gasteiger partial charge on any atom is -0.493 e. The molecule has 1 fully saturated rings. The second kappa shape index (κ2) is 9.71. The Hall–Kier alpha value is -3.25. The number of nitrogens with zero attached hydrogens (tertiary/aromatic N) is 3. The summed E-state index contributed by atoms with van der Waals surface area (Å²) in [4.78, 5) is 2.49. The SMILES string of the molecule is COc1cc(/C=N/N2CCN(Cc3cccc4ccccc34)CC2)cc(OC)c1OC. The fourth-order valence-corrected chi connectivity index (χ4v) is 4.01. The van der Waals surface area contributed by atoms with E-state index in [2.05, 4.69) is 57.5 Å². The number of hydrogen-bond acceptors (Lipinski definition) is 6. The first kappa shape index (κ1) is 21.0. The lowest BCUT2D eigenvalue weighted by molar-refractivity contribution is 0.131. The second-order valence-electron chi connectivity index (χ2n) is 7.57. The van der Waals surface area contributed by atoms with Crippen LogP contribution in [-0.4, -0.2) is 63.6 Å². The lowest BCUT2D eigenvalue weighted by Gasteiger charge is -2.33. The highest BCUT2D eigenvalue weighted by Gasteiger charge is 2.17. The molecule has 0 aromatic heterocycles. The van der Waals surface area contributed by atoms with Crippen molar-refractivity contribution in [1.29, 1.82) is 0 Å². The van der Waals surface area contributed by atoms with Crippen molar-refractivity contribution in [3.63, 3.8) is 0 Å². The van der Waals surface area contributed by atoms with Gasteiger partial charge in [-0.25, -0.2) is 0 Å². The van der Waals surface area contributed by atoms with Crippen molar-refractivity contribution < 1.29 is 14.2 Å². The Morgan fingerprint density at radius 3 is 2.19 bits per heavy atom. The summed E-state index contributed by atoms with van der Waals surface area (Å²) in [6, 6.07) is 19.0. The molecular formula is C25H29N3O3. The molecule has 162 valence electrons. The summed E-state index contributed by atoms with van der Waals surface area (Å²) in [7, 11) is 4.84. The summed E-state index contributed by atoms with van der Waals surface area (Å²) in [6.45, 7) is 4.72. The van der Waals surface area contributed by atoms with Crippen molar-refractivity contribution in [2.45, 2.75) is 6.54 Å². The number of hydrazone groups is 1. The summed E-state index contributed by atoms with van der Waals surface area (Å²) in [6.07, 6.45) is 1.85. The minimum absolute atomic E-state index is 0.587. The molecule has 0 bridgehead atoms. The van der Waals surface area contributed by atoms with Gasteiger partial charge in [0.15, 0.2) is 11.5 Å². The maximum atomic E-state index is 5.43. The molecule has 0 atom stereocenters. The van der Waals surface area contributed by atoms with Gasteiger partial charge in [-0.1, -0.05) is 42.5 Å². The fraction of sp³-hybridized carbons (Fsp3) is 0.320. The van der Waals surface area contributed by atoms with Gasteiger partial charge in [0.05, 0.1) is 27.5 Å². The number of piperazine rings is 1. The van der Waals surface area contributed by atoms with Crippen molar-refractivity contribution in [3.05, 3.63) is 65.7 Å². The Morgan fingerprint density at radius 1 is 0.839 bits per heavy atom. The summed E-state index contributed by atoms with van der Waals surface area (Å²) in [5.74, 6) is 1.84. The van der Waals surface area contributed by atoms with Gasteiger partial charge in [0.1, 0.15) is 0 Å². The highest BCUT2D eigenvalue weighted by Crippen LogP contribution is 2.37. The predicted octanol–water partition coefficient (Wildman–Crippen LogP) is 4.02. The van der Waals surface area contributed by atoms with E-state index in [9.17, 15) is 0 Å². The molecule has 1 heterocycles. The average molecular weight is 420 g/mol. The standard InChI is InChI=1S/C25H29N3O3/c1-29-23-15-19(16-24(30-2)25(23)31-3)17-26-28-13-11-27(12-14-28)18-21-9-6-8-20-7-4-5-10-22(20)21/h4-10,15-17H,11-14,18H2,1-3H3/b26-17+. The van der Waals surface area contributed by atoms with Crippen LogP contribution in [0.25, 0.3) is 10.8 Å². The molecule has 3 aromatic rings. The zero-order valence-electron chi connectivity index (χ0n) is 18.4. The van der Waals surface area contributed by atoms with E-state index in [-0.39, 0.29) is 0 Å². The van der Waals surface area contributed by atoms with Crippen molar-refractivity contribution >= 4 is 17.0 Å². The van der Waals surface area contributed by atoms with E-state index >= 15 is 0 Å². The van der Waals surface area contributed by atoms with Crippen molar-refractivity contribution in [2.24, 2.45) is 5.10 Å². The molecule has 0 aliphatic carbocycles. The van der Waals surface area contributed by atoms with E-state index in [1.54, 1.807) is 21.3 Å². The number of fused-ring (bicyclic) bond motifs is 1. The van der Waals surface area contributed by atoms with Crippen LogP contribution in [0.5, 0.6) is 17.2 Å². The van der Waals surface area contributed by atoms with E-state index in [1.807, 2.05) is 18.3 Å². The van der Waals surface area contributed by atoms with Gasteiger partial charge in [-0.05, 0) is 28.5 Å². The molecule has 0 spiro atoms. The monoisotopic (exact) mass is 419 g/mol. The molecule has 0 amide bonds. The zero-order chi connectivity index (χ0) is 21.6. The molecule has 6 nitrogen and oxygen atoms in total. The van der Waals surface area contributed by atoms with Gasteiger partial charge in [-0.3, -0.25) is 9.91 Å². The van der Waals surface area contributed by atoms with Crippen LogP contribution >= 0.6 is 0 Å². The zero-order valence-corrected chi connectivity index (χ0v) is 18.4. The van der Waals surface area contributed by atoms with E-state index < -0.39 is 0 Å². The van der Waals surface area contributed by atoms with E-state index in [1.165, 1.54) is 16.3 Å². The van der Waals surface area contributed by atoms with Crippen molar-refractivity contribution in [1.82, 2.24) is 9.91 Å². The van der Waals surface area contributed by atoms with Crippen LogP contribution in [0.4, 0.5) is 0 Å². The molecule has 0 N–H and O–H groups in total. The first-order chi connectivity index (χ1) is 15.2. The van der Waals surface area contributed by atoms with E-state index in [0.717, 1.165) is 38.3 Å². The number of ether oxygens (including phenoxy) is 3. The lowest BCUT2D eigenvalue weighted by Crippen LogP contribution is -2.43. The highest BCUT2D eigenvalue weighted by molar-refractivity contribution is 5.85. The summed E-state index contributed by atoms with van der Waals surface area (Å²) < 4.78 is 16.2. The molecule has 1 aliphatic rings. The Kier molecular flexibility index (Phi) is 6.57. The molecule has 0 radical (unpaired) electrons. The number of methoxy groups -OCH3 is 3. The minimum atomic E-state index is 0.587. The van der Waals surface area contributed by atoms with Crippen LogP contribution in [0, 0.1) is 0 Å². The van der Waals surface area contributed by atoms with Crippen LogP contribution in [0.15, 0.2) is 59.7 Å². The highest BCUT2D eigenvalue weighted by atomic mass is 16.5. The Morgan fingerprint density at radius 2 is 1.52 bits per heavy atom. The molecule has 4 rings (SSSR count). The number of benzene rings is 3. The van der Waals surface area contributed by atoms with Gasteiger partial charge >= 0.3 is 0 Å². The molecule has 0 saturated carbocycles. The third-order valence-corrected chi connectivity index (χ3v) is 5.68. The summed E-state index contributed by atoms with van der Waals surface area (Å²) in [5.41, 5.74) is 2.29. The van der Waals surface area contributed by atoms with Gasteiger partial charge in [0, 0.05) is 38.3 Å². The van der Waals surface area contributed by atoms with Gasteiger partial charge in [0.2, 0.25) is 5.75 Å². The third-order valence-electron chi connectivity index (χ3n) is 5.68. The maximum Gasteiger partial charge on any atom is 0.203 e. The Labute approximate surface area is 183 Å². The number of rotatable bonds is 7. The average Bonchev–Trinajstić information content (AvgIpc) is 2.83. The quantitative estimate of drug-likeness (QED) is 0.542. The van der Waals surface area contributed by atoms with Crippen molar-refractivity contribution in [3.8, 4) is 17.2 Å². The third kappa shape index (κ3) is 4.75. The molecule has 0 unspecified atom stereocenters. The van der Waals surface area contributed by atoms with Gasteiger partial charge < -0.3 is 14.2 Å². The van der Waals surface area contributed by atoms with Crippen LogP contribution in [-0.2, 0) is 6.54 Å². The predicted molar refractivity (Wildman–Crippen MR) is 124 cm³/mol. The Balaban J connectivity index is 1.39. The molecule has 3 aromatic carbocycles. The maximum absolute atomic E-state index is 5.43. The largest absolute Gasteiger partial charge is 0.493 e. The molecule has 1 saturated heterocycles. The smallest absolute Gasteiger partial charge is 0.203 e. The first-order valence-corrected chi connectivity index (χ1v) is 10.5. The van der Waals surface area contributed by atoms with Crippen LogP contribution in [0.1, 0.15) is 11.1 Å². The van der Waals surface area contributed by atoms with Gasteiger partial charge in [-0.15, -0.1) is 0 Å². The van der Waals surface area contributed by atoms with Crippen molar-refractivity contribution in [2.75, 3.05) is 47.5 Å². The lowest BCUT2D eigenvalue weighted by atomic mass is 10.0. The number of hydrogen-bond donors (Lipinski definition) is 0. The molecule has 1 aliphatic heterocycles. The molecule has 6 heteroatoms. The van der Waals surface area contributed by atoms with Gasteiger partial charge in [0.25, 0.3) is 0 Å². The summed E-state index contributed by atoms with van der Waals surface area (Å²) >= 11 is 0. The normalized spacial score (nSPS) is 14.9. The van der Waals surface area contributed by atoms with Crippen LogP contribution in [0.3, 0.4) is 0 Å². The van der Waals surface area contributed by atoms with Crippen LogP contribution in [0.2, 0.25) is 0 Å². The topological polar surface area (TPSA) is 46.5 Å². The van der Waals surface area contributed by atoms with E-state index in [0.29, 0.717) is 17.2 Å². The first-order valence-electron chi connectivity index (χ1n) is 10.5. The molecule has 31 heavy (non-hydrogen) atoms. The Bertz CT molecular complexity index is 1030. The van der Waals surface area contributed by atoms with Crippen LogP contribution < -0.4 is 14.2 Å². The van der Waals surface area contributed by atoms with E-state index in [4.69, 9.17) is 14.2 Å². The second-order valence-corrected chi connectivity index (χ2v) is 7.57. The fourth-order valence-electron chi connectivity index (χ4n) is 4.01. The molecular weight excluding hydrogens is 390 g/mol.